The predicted octanol–water partition coefficient (Wildman–Crippen LogP) is 1.10. The zero-order valence-electron chi connectivity index (χ0n) is 16.3. The number of guanidine groups is 1. The molecule has 0 aliphatic carbocycles. The number of hydrogen-bond donors (Lipinski definition) is 1. The maximum atomic E-state index is 5.39. The summed E-state index contributed by atoms with van der Waals surface area (Å²) in [5.41, 5.74) is 1.00. The molecule has 2 aliphatic heterocycles. The lowest BCUT2D eigenvalue weighted by Gasteiger charge is -2.36. The Labute approximate surface area is 179 Å². The topological polar surface area (TPSA) is 69.4 Å². The Balaban J connectivity index is 0.00000261. The van der Waals surface area contributed by atoms with Gasteiger partial charge >= 0.3 is 0 Å². The second kappa shape index (κ2) is 12.5. The number of ether oxygens (including phenoxy) is 1. The van der Waals surface area contributed by atoms with Crippen LogP contribution in [0.2, 0.25) is 0 Å². The van der Waals surface area contributed by atoms with E-state index < -0.39 is 0 Å². The molecular weight excluding hydrogens is 459 g/mol. The van der Waals surface area contributed by atoms with Crippen LogP contribution in [-0.2, 0) is 11.3 Å². The van der Waals surface area contributed by atoms with E-state index in [9.17, 15) is 0 Å². The van der Waals surface area contributed by atoms with Gasteiger partial charge in [0, 0.05) is 65.5 Å². The van der Waals surface area contributed by atoms with E-state index in [1.807, 2.05) is 13.1 Å². The highest BCUT2D eigenvalue weighted by Crippen LogP contribution is 2.07. The number of halogens is 1. The van der Waals surface area contributed by atoms with Crippen molar-refractivity contribution in [3.05, 3.63) is 18.0 Å². The van der Waals surface area contributed by atoms with Crippen LogP contribution in [-0.4, -0.2) is 98.4 Å². The predicted molar refractivity (Wildman–Crippen MR) is 117 cm³/mol. The molecule has 154 valence electrons. The van der Waals surface area contributed by atoms with Gasteiger partial charge in [0.15, 0.2) is 5.96 Å². The normalized spacial score (nSPS) is 19.7. The minimum absolute atomic E-state index is 0. The van der Waals surface area contributed by atoms with Gasteiger partial charge in [-0.1, -0.05) is 5.16 Å². The van der Waals surface area contributed by atoms with E-state index in [-0.39, 0.29) is 24.0 Å². The number of aliphatic imine (C=N–C) groups is 1. The van der Waals surface area contributed by atoms with Crippen LogP contribution in [0.5, 0.6) is 0 Å². The standard InChI is InChI=1S/C18H32N6O2.HI/c1-19-18(20-5-2-3-6-22-11-14-25-15-12-22)24-9-7-23(8-10-24)16-17-4-13-26-21-17;/h4,13H,2-3,5-12,14-16H2,1H3,(H,19,20);1H. The van der Waals surface area contributed by atoms with Crippen LogP contribution in [0.15, 0.2) is 21.8 Å². The average molecular weight is 492 g/mol. The van der Waals surface area contributed by atoms with Gasteiger partial charge in [0.05, 0.1) is 18.9 Å². The molecule has 0 bridgehead atoms. The third kappa shape index (κ3) is 7.55. The average Bonchev–Trinajstić information content (AvgIpc) is 3.19. The van der Waals surface area contributed by atoms with Gasteiger partial charge in [-0.2, -0.15) is 0 Å². The third-order valence-corrected chi connectivity index (χ3v) is 5.05. The maximum absolute atomic E-state index is 5.39. The SMILES string of the molecule is CN=C(NCCCCN1CCOCC1)N1CCN(Cc2ccon2)CC1.I. The van der Waals surface area contributed by atoms with Crippen LogP contribution in [0, 0.1) is 0 Å². The van der Waals surface area contributed by atoms with Crippen LogP contribution in [0.1, 0.15) is 18.5 Å². The first kappa shape index (κ1) is 22.4. The molecule has 2 aliphatic rings. The largest absolute Gasteiger partial charge is 0.379 e. The third-order valence-electron chi connectivity index (χ3n) is 5.05. The first-order chi connectivity index (χ1) is 12.8. The fourth-order valence-corrected chi connectivity index (χ4v) is 3.48. The molecule has 0 spiro atoms. The monoisotopic (exact) mass is 492 g/mol. The Morgan fingerprint density at radius 1 is 1.11 bits per heavy atom. The number of aromatic nitrogens is 1. The molecule has 8 nitrogen and oxygen atoms in total. The first-order valence-corrected chi connectivity index (χ1v) is 9.72. The number of piperazine rings is 1. The molecule has 9 heteroatoms. The number of rotatable bonds is 7. The highest BCUT2D eigenvalue weighted by molar-refractivity contribution is 14.0. The van der Waals surface area contributed by atoms with E-state index in [4.69, 9.17) is 9.26 Å². The summed E-state index contributed by atoms with van der Waals surface area (Å²) >= 11 is 0. The first-order valence-electron chi connectivity index (χ1n) is 9.72. The van der Waals surface area contributed by atoms with Crippen LogP contribution in [0.3, 0.4) is 0 Å². The molecule has 2 fully saturated rings. The quantitative estimate of drug-likeness (QED) is 0.265. The van der Waals surface area contributed by atoms with Crippen LogP contribution < -0.4 is 5.32 Å². The Morgan fingerprint density at radius 3 is 2.56 bits per heavy atom. The number of hydrogen-bond acceptors (Lipinski definition) is 6. The molecule has 1 aromatic heterocycles. The van der Waals surface area contributed by atoms with E-state index >= 15 is 0 Å². The molecule has 0 aromatic carbocycles. The lowest BCUT2D eigenvalue weighted by Crippen LogP contribution is -2.52. The molecule has 2 saturated heterocycles. The van der Waals surface area contributed by atoms with E-state index in [2.05, 4.69) is 30.2 Å². The van der Waals surface area contributed by atoms with Gasteiger partial charge in [0.1, 0.15) is 6.26 Å². The Kier molecular flexibility index (Phi) is 10.4. The number of unbranched alkanes of at least 4 members (excludes halogenated alkanes) is 1. The zero-order chi connectivity index (χ0) is 18.0. The Hall–Kier alpha value is -0.910. The van der Waals surface area contributed by atoms with Crippen molar-refractivity contribution < 1.29 is 9.26 Å². The van der Waals surface area contributed by atoms with Gasteiger partial charge in [-0.15, -0.1) is 24.0 Å². The van der Waals surface area contributed by atoms with Gasteiger partial charge in [-0.3, -0.25) is 14.8 Å². The lowest BCUT2D eigenvalue weighted by molar-refractivity contribution is 0.0372. The highest BCUT2D eigenvalue weighted by atomic mass is 127. The van der Waals surface area contributed by atoms with E-state index in [1.165, 1.54) is 19.4 Å². The molecule has 1 N–H and O–H groups in total. The van der Waals surface area contributed by atoms with Gasteiger partial charge in [0.2, 0.25) is 0 Å². The molecule has 1 aromatic rings. The molecule has 3 heterocycles. The van der Waals surface area contributed by atoms with Gasteiger partial charge < -0.3 is 19.5 Å². The van der Waals surface area contributed by atoms with E-state index in [0.29, 0.717) is 0 Å². The summed E-state index contributed by atoms with van der Waals surface area (Å²) < 4.78 is 10.3. The van der Waals surface area contributed by atoms with Crippen LogP contribution in [0.4, 0.5) is 0 Å². The summed E-state index contributed by atoms with van der Waals surface area (Å²) in [6.07, 6.45) is 4.02. The number of nitrogens with zero attached hydrogens (tertiary/aromatic N) is 5. The second-order valence-electron chi connectivity index (χ2n) is 6.89. The summed E-state index contributed by atoms with van der Waals surface area (Å²) in [5.74, 6) is 1.03. The Morgan fingerprint density at radius 2 is 1.89 bits per heavy atom. The lowest BCUT2D eigenvalue weighted by atomic mass is 10.2. The molecule has 0 saturated carbocycles. The van der Waals surface area contributed by atoms with Crippen molar-refractivity contribution in [2.45, 2.75) is 19.4 Å². The summed E-state index contributed by atoms with van der Waals surface area (Å²) in [7, 11) is 1.87. The summed E-state index contributed by atoms with van der Waals surface area (Å²) in [5, 5.41) is 7.52. The van der Waals surface area contributed by atoms with Gasteiger partial charge in [-0.25, -0.2) is 0 Å². The van der Waals surface area contributed by atoms with Crippen molar-refractivity contribution in [3.63, 3.8) is 0 Å². The molecular formula is C18H33IN6O2. The van der Waals surface area contributed by atoms with Crippen LogP contribution >= 0.6 is 24.0 Å². The van der Waals surface area contributed by atoms with Crippen molar-refractivity contribution in [1.82, 2.24) is 25.2 Å². The number of nitrogens with one attached hydrogen (secondary N) is 1. The van der Waals surface area contributed by atoms with Gasteiger partial charge in [-0.05, 0) is 19.4 Å². The molecule has 0 amide bonds. The van der Waals surface area contributed by atoms with E-state index in [0.717, 1.165) is 77.2 Å². The Bertz CT molecular complexity index is 528. The van der Waals surface area contributed by atoms with E-state index in [1.54, 1.807) is 6.26 Å². The fourth-order valence-electron chi connectivity index (χ4n) is 3.48. The molecule has 0 atom stereocenters. The molecule has 0 radical (unpaired) electrons. The van der Waals surface area contributed by atoms with Crippen molar-refractivity contribution in [2.24, 2.45) is 4.99 Å². The molecule has 0 unspecified atom stereocenters. The zero-order valence-corrected chi connectivity index (χ0v) is 18.6. The molecule has 3 rings (SSSR count). The fraction of sp³-hybridized carbons (Fsp3) is 0.778. The van der Waals surface area contributed by atoms with Crippen molar-refractivity contribution in [1.29, 1.82) is 0 Å². The summed E-state index contributed by atoms with van der Waals surface area (Å²) in [6.45, 7) is 11.0. The molecule has 27 heavy (non-hydrogen) atoms. The summed E-state index contributed by atoms with van der Waals surface area (Å²) in [6, 6.07) is 1.93. The van der Waals surface area contributed by atoms with Crippen molar-refractivity contribution in [3.8, 4) is 0 Å². The number of morpholine rings is 1. The highest BCUT2D eigenvalue weighted by Gasteiger charge is 2.20. The van der Waals surface area contributed by atoms with Crippen molar-refractivity contribution >= 4 is 29.9 Å². The second-order valence-corrected chi connectivity index (χ2v) is 6.89. The summed E-state index contributed by atoms with van der Waals surface area (Å²) in [4.78, 5) is 11.7. The maximum Gasteiger partial charge on any atom is 0.193 e. The minimum atomic E-state index is 0. The smallest absolute Gasteiger partial charge is 0.193 e. The van der Waals surface area contributed by atoms with Gasteiger partial charge in [0.25, 0.3) is 0 Å². The van der Waals surface area contributed by atoms with Crippen molar-refractivity contribution in [2.75, 3.05) is 72.6 Å². The van der Waals surface area contributed by atoms with Crippen LogP contribution in [0.25, 0.3) is 0 Å². The minimum Gasteiger partial charge on any atom is -0.379 e.